The third-order valence-electron chi connectivity index (χ3n) is 5.89. The lowest BCUT2D eigenvalue weighted by molar-refractivity contribution is -0.121. The van der Waals surface area contributed by atoms with Crippen LogP contribution in [0.2, 0.25) is 0 Å². The first-order valence-corrected chi connectivity index (χ1v) is 10.6. The molecule has 0 radical (unpaired) electrons. The number of nitrogens with zero attached hydrogens (tertiary/aromatic N) is 1. The van der Waals surface area contributed by atoms with Gasteiger partial charge >= 0.3 is 0 Å². The van der Waals surface area contributed by atoms with Gasteiger partial charge in [0.2, 0.25) is 5.91 Å². The number of amides is 1. The van der Waals surface area contributed by atoms with Crippen LogP contribution in [-0.2, 0) is 22.5 Å². The van der Waals surface area contributed by atoms with Gasteiger partial charge in [-0.15, -0.1) is 0 Å². The number of aryl methyl sites for hydroxylation is 3. The lowest BCUT2D eigenvalue weighted by atomic mass is 10.1. The molecule has 4 heteroatoms. The van der Waals surface area contributed by atoms with Gasteiger partial charge in [0.05, 0.1) is 6.10 Å². The highest BCUT2D eigenvalue weighted by atomic mass is 16.5. The van der Waals surface area contributed by atoms with Crippen LogP contribution >= 0.6 is 0 Å². The number of para-hydroxylation sites is 1. The molecule has 1 fully saturated rings. The van der Waals surface area contributed by atoms with E-state index in [0.717, 1.165) is 32.4 Å². The summed E-state index contributed by atoms with van der Waals surface area (Å²) >= 11 is 0. The second-order valence-electron chi connectivity index (χ2n) is 8.17. The molecule has 3 aromatic rings. The predicted molar refractivity (Wildman–Crippen MR) is 117 cm³/mol. The molecule has 29 heavy (non-hydrogen) atoms. The van der Waals surface area contributed by atoms with Gasteiger partial charge in [0.15, 0.2) is 0 Å². The molecule has 1 saturated heterocycles. The summed E-state index contributed by atoms with van der Waals surface area (Å²) in [6, 6.07) is 15.1. The number of carbonyl (C=O) groups is 1. The first kappa shape index (κ1) is 19.7. The average molecular weight is 391 g/mol. The average Bonchev–Trinajstić information content (AvgIpc) is 3.36. The van der Waals surface area contributed by atoms with Gasteiger partial charge in [-0.05, 0) is 55.9 Å². The topological polar surface area (TPSA) is 43.3 Å². The Morgan fingerprint density at radius 1 is 1.17 bits per heavy atom. The standard InChI is InChI=1S/C25H30N2O2/c1-18-9-10-19(2)21(14-18)17-27-16-20(23-7-3-4-8-24(23)27)11-12-25(28)26-15-22-6-5-13-29-22/h3-4,7-10,14,16,22H,5-6,11-13,15,17H2,1-2H3,(H,26,28)/t22-/m0/s1. The fourth-order valence-corrected chi connectivity index (χ4v) is 4.18. The fraction of sp³-hybridized carbons (Fsp3) is 0.400. The van der Waals surface area contributed by atoms with Gasteiger partial charge in [-0.1, -0.05) is 42.0 Å². The van der Waals surface area contributed by atoms with E-state index in [1.807, 2.05) is 0 Å². The summed E-state index contributed by atoms with van der Waals surface area (Å²) in [6.45, 7) is 6.60. The molecule has 1 aromatic heterocycles. The zero-order chi connectivity index (χ0) is 20.2. The molecule has 2 aromatic carbocycles. The van der Waals surface area contributed by atoms with Crippen LogP contribution in [0.1, 0.15) is 41.5 Å². The second-order valence-corrected chi connectivity index (χ2v) is 8.17. The van der Waals surface area contributed by atoms with Gasteiger partial charge in [-0.2, -0.15) is 0 Å². The van der Waals surface area contributed by atoms with Crippen molar-refractivity contribution in [3.8, 4) is 0 Å². The Bertz CT molecular complexity index is 999. The Kier molecular flexibility index (Phi) is 6.00. The molecule has 1 amide bonds. The highest BCUT2D eigenvalue weighted by Crippen LogP contribution is 2.24. The smallest absolute Gasteiger partial charge is 0.220 e. The highest BCUT2D eigenvalue weighted by Gasteiger charge is 2.16. The molecule has 4 rings (SSSR count). The second kappa shape index (κ2) is 8.83. The first-order chi connectivity index (χ1) is 14.1. The van der Waals surface area contributed by atoms with E-state index in [9.17, 15) is 4.79 Å². The zero-order valence-corrected chi connectivity index (χ0v) is 17.4. The van der Waals surface area contributed by atoms with Gasteiger partial charge in [0, 0.05) is 43.2 Å². The van der Waals surface area contributed by atoms with Crippen molar-refractivity contribution in [2.45, 2.75) is 52.2 Å². The van der Waals surface area contributed by atoms with E-state index in [0.29, 0.717) is 13.0 Å². The Hall–Kier alpha value is -2.59. The number of nitrogens with one attached hydrogen (secondary N) is 1. The van der Waals surface area contributed by atoms with Crippen molar-refractivity contribution in [1.82, 2.24) is 9.88 Å². The van der Waals surface area contributed by atoms with Crippen molar-refractivity contribution in [3.63, 3.8) is 0 Å². The number of carbonyl (C=O) groups excluding carboxylic acids is 1. The molecule has 4 nitrogen and oxygen atoms in total. The van der Waals surface area contributed by atoms with Crippen molar-refractivity contribution in [2.24, 2.45) is 0 Å². The van der Waals surface area contributed by atoms with E-state index in [2.05, 4.69) is 72.4 Å². The molecule has 2 heterocycles. The Labute approximate surface area is 172 Å². The maximum absolute atomic E-state index is 12.3. The minimum absolute atomic E-state index is 0.104. The van der Waals surface area contributed by atoms with Crippen LogP contribution in [0.3, 0.4) is 0 Å². The zero-order valence-electron chi connectivity index (χ0n) is 17.4. The van der Waals surface area contributed by atoms with Crippen molar-refractivity contribution in [2.75, 3.05) is 13.2 Å². The summed E-state index contributed by atoms with van der Waals surface area (Å²) in [5, 5.41) is 4.27. The molecule has 1 atom stereocenters. The van der Waals surface area contributed by atoms with Gasteiger partial charge in [-0.3, -0.25) is 4.79 Å². The van der Waals surface area contributed by atoms with E-state index in [1.54, 1.807) is 0 Å². The van der Waals surface area contributed by atoms with E-state index in [-0.39, 0.29) is 12.0 Å². The summed E-state index contributed by atoms with van der Waals surface area (Å²) in [4.78, 5) is 12.3. The third-order valence-corrected chi connectivity index (χ3v) is 5.89. The summed E-state index contributed by atoms with van der Waals surface area (Å²) in [7, 11) is 0. The normalized spacial score (nSPS) is 16.4. The van der Waals surface area contributed by atoms with Crippen LogP contribution < -0.4 is 5.32 Å². The van der Waals surface area contributed by atoms with E-state index in [4.69, 9.17) is 4.74 Å². The quantitative estimate of drug-likeness (QED) is 0.644. The van der Waals surface area contributed by atoms with Crippen LogP contribution in [-0.4, -0.2) is 29.7 Å². The Morgan fingerprint density at radius 2 is 2.03 bits per heavy atom. The van der Waals surface area contributed by atoms with Crippen molar-refractivity contribution >= 4 is 16.8 Å². The molecule has 0 bridgehead atoms. The fourth-order valence-electron chi connectivity index (χ4n) is 4.18. The molecule has 0 aliphatic carbocycles. The number of hydrogen-bond acceptors (Lipinski definition) is 2. The summed E-state index contributed by atoms with van der Waals surface area (Å²) in [6.07, 6.45) is 5.81. The molecule has 0 saturated carbocycles. The number of rotatable bonds is 7. The maximum Gasteiger partial charge on any atom is 0.220 e. The van der Waals surface area contributed by atoms with Crippen molar-refractivity contribution < 1.29 is 9.53 Å². The third kappa shape index (κ3) is 4.70. The molecule has 0 unspecified atom stereocenters. The van der Waals surface area contributed by atoms with Crippen molar-refractivity contribution in [3.05, 3.63) is 70.9 Å². The van der Waals surface area contributed by atoms with Gasteiger partial charge in [0.1, 0.15) is 0 Å². The minimum Gasteiger partial charge on any atom is -0.376 e. The largest absolute Gasteiger partial charge is 0.376 e. The monoisotopic (exact) mass is 390 g/mol. The maximum atomic E-state index is 12.3. The Balaban J connectivity index is 1.47. The minimum atomic E-state index is 0.104. The number of hydrogen-bond donors (Lipinski definition) is 1. The Morgan fingerprint density at radius 3 is 2.86 bits per heavy atom. The summed E-state index contributed by atoms with van der Waals surface area (Å²) in [5.74, 6) is 0.104. The van der Waals surface area contributed by atoms with Crippen LogP contribution in [0.4, 0.5) is 0 Å². The van der Waals surface area contributed by atoms with E-state index < -0.39 is 0 Å². The number of aromatic nitrogens is 1. The molecule has 0 spiro atoms. The lowest BCUT2D eigenvalue weighted by Gasteiger charge is -2.10. The van der Waals surface area contributed by atoms with Crippen LogP contribution in [0.5, 0.6) is 0 Å². The van der Waals surface area contributed by atoms with E-state index in [1.165, 1.54) is 33.2 Å². The van der Waals surface area contributed by atoms with Crippen LogP contribution in [0.15, 0.2) is 48.7 Å². The number of fused-ring (bicyclic) bond motifs is 1. The van der Waals surface area contributed by atoms with Crippen molar-refractivity contribution in [1.29, 1.82) is 0 Å². The predicted octanol–water partition coefficient (Wildman–Crippen LogP) is 4.53. The number of benzene rings is 2. The van der Waals surface area contributed by atoms with E-state index >= 15 is 0 Å². The molecule has 1 aliphatic rings. The molecular formula is C25H30N2O2. The molecule has 1 aliphatic heterocycles. The first-order valence-electron chi connectivity index (χ1n) is 10.6. The molecule has 1 N–H and O–H groups in total. The SMILES string of the molecule is Cc1ccc(C)c(Cn2cc(CCC(=O)NC[C@@H]3CCCO3)c3ccccc32)c1. The van der Waals surface area contributed by atoms with Gasteiger partial charge in [-0.25, -0.2) is 0 Å². The van der Waals surface area contributed by atoms with Crippen LogP contribution in [0.25, 0.3) is 10.9 Å². The van der Waals surface area contributed by atoms with Gasteiger partial charge in [0.25, 0.3) is 0 Å². The molecule has 152 valence electrons. The lowest BCUT2D eigenvalue weighted by Crippen LogP contribution is -2.31. The molecular weight excluding hydrogens is 360 g/mol. The highest BCUT2D eigenvalue weighted by molar-refractivity contribution is 5.85. The summed E-state index contributed by atoms with van der Waals surface area (Å²) in [5.41, 5.74) is 6.39. The van der Waals surface area contributed by atoms with Crippen LogP contribution in [0, 0.1) is 13.8 Å². The number of ether oxygens (including phenoxy) is 1. The summed E-state index contributed by atoms with van der Waals surface area (Å²) < 4.78 is 7.90. The van der Waals surface area contributed by atoms with Gasteiger partial charge < -0.3 is 14.6 Å².